The van der Waals surface area contributed by atoms with E-state index in [1.165, 1.54) is 5.57 Å². The normalized spacial score (nSPS) is 13.0. The molecule has 2 N–H and O–H groups in total. The standard InChI is InChI=1S/C34H38N4O4.Mg/c1-7-21-17(3)25-13-26-19(5)23(9-11-33(39)40)31(37-26)16-32-24(10-12-34(41)42)20(6)28(38-32)15-30-22(8-2)18(4)27(36-30)14-29(21)35-25;/h13-16H,7-12H2,1-6H3,(H4,35,36,37,38,39,40,41,42);/q;+2/p-2. The first-order valence-corrected chi connectivity index (χ1v) is 14.5. The third kappa shape index (κ3) is 6.19. The Kier molecular flexibility index (Phi) is 9.66. The van der Waals surface area contributed by atoms with E-state index >= 15 is 0 Å². The molecule has 0 amide bonds. The van der Waals surface area contributed by atoms with Crippen molar-refractivity contribution < 1.29 is 19.8 Å². The van der Waals surface area contributed by atoms with Gasteiger partial charge in [-0.25, -0.2) is 9.97 Å². The van der Waals surface area contributed by atoms with Gasteiger partial charge in [-0.05, 0) is 81.7 Å². The molecule has 0 saturated carbocycles. The molecule has 43 heavy (non-hydrogen) atoms. The van der Waals surface area contributed by atoms with E-state index < -0.39 is 11.9 Å². The van der Waals surface area contributed by atoms with Gasteiger partial charge in [0.1, 0.15) is 0 Å². The molecule has 0 fully saturated rings. The van der Waals surface area contributed by atoms with Gasteiger partial charge in [-0.3, -0.25) is 9.59 Å². The maximum Gasteiger partial charge on any atom is 2.00 e. The molecule has 2 aliphatic heterocycles. The van der Waals surface area contributed by atoms with Crippen molar-refractivity contribution in [2.75, 3.05) is 0 Å². The van der Waals surface area contributed by atoms with E-state index in [4.69, 9.17) is 19.9 Å². The Morgan fingerprint density at radius 3 is 1.44 bits per heavy atom. The van der Waals surface area contributed by atoms with Gasteiger partial charge in [0.2, 0.25) is 0 Å². The van der Waals surface area contributed by atoms with E-state index in [1.54, 1.807) is 0 Å². The van der Waals surface area contributed by atoms with Gasteiger partial charge < -0.3 is 20.2 Å². The first-order chi connectivity index (χ1) is 20.0. The van der Waals surface area contributed by atoms with Crippen molar-refractivity contribution in [3.8, 4) is 0 Å². The summed E-state index contributed by atoms with van der Waals surface area (Å²) in [4.78, 5) is 43.1. The van der Waals surface area contributed by atoms with E-state index in [9.17, 15) is 19.8 Å². The summed E-state index contributed by atoms with van der Waals surface area (Å²) in [5, 5.41) is 18.9. The van der Waals surface area contributed by atoms with E-state index in [0.29, 0.717) is 23.9 Å². The van der Waals surface area contributed by atoms with Crippen LogP contribution in [0.15, 0.2) is 24.3 Å². The number of carbonyl (C=O) groups is 2. The maximum absolute atomic E-state index is 11.5. The second-order valence-corrected chi connectivity index (χ2v) is 11.0. The van der Waals surface area contributed by atoms with Gasteiger partial charge in [-0.1, -0.05) is 54.3 Å². The smallest absolute Gasteiger partial charge is 0.657 e. The molecule has 0 unspecified atom stereocenters. The summed E-state index contributed by atoms with van der Waals surface area (Å²) in [6.45, 7) is 12.3. The minimum atomic E-state index is -0.878. The minimum Gasteiger partial charge on any atom is -0.657 e. The summed E-state index contributed by atoms with van der Waals surface area (Å²) >= 11 is 0. The second kappa shape index (κ2) is 12.9. The van der Waals surface area contributed by atoms with Gasteiger partial charge in [0.25, 0.3) is 0 Å². The summed E-state index contributed by atoms with van der Waals surface area (Å²) in [7, 11) is 0. The van der Waals surface area contributed by atoms with Crippen LogP contribution < -0.4 is 9.97 Å². The SMILES string of the molecule is CCC1=C(C)c2cc3[n-]c(cc4[n-]c(cc5nc(cc1n2)C(C)=C5CC)c(C)c4CCC(=O)O)c(CCC(=O)O)c3C.[Mg+2]. The summed E-state index contributed by atoms with van der Waals surface area (Å²) < 4.78 is 0. The van der Waals surface area contributed by atoms with Crippen LogP contribution in [0.4, 0.5) is 0 Å². The van der Waals surface area contributed by atoms with Crippen molar-refractivity contribution in [2.45, 2.75) is 80.1 Å². The molecule has 0 atom stereocenters. The minimum absolute atomic E-state index is 0. The van der Waals surface area contributed by atoms with Gasteiger partial charge in [0.05, 0.1) is 22.8 Å². The van der Waals surface area contributed by atoms with Gasteiger partial charge >= 0.3 is 35.0 Å². The Balaban J connectivity index is 0.00000423. The molecule has 5 rings (SSSR count). The molecular formula is C34H36MgN4O4. The average Bonchev–Trinajstić information content (AvgIpc) is 3.59. The van der Waals surface area contributed by atoms with E-state index in [2.05, 4.69) is 33.8 Å². The third-order valence-electron chi connectivity index (χ3n) is 8.53. The molecule has 2 aliphatic rings. The van der Waals surface area contributed by atoms with Crippen LogP contribution in [0, 0.1) is 13.8 Å². The molecule has 0 aromatic carbocycles. The zero-order chi connectivity index (χ0) is 30.3. The van der Waals surface area contributed by atoms with Gasteiger partial charge in [0, 0.05) is 12.8 Å². The van der Waals surface area contributed by atoms with Crippen LogP contribution >= 0.6 is 0 Å². The molecule has 0 spiro atoms. The fraction of sp³-hybridized carbons (Fsp3) is 0.353. The Morgan fingerprint density at radius 2 is 1.02 bits per heavy atom. The number of nitrogens with zero attached hydrogens (tertiary/aromatic N) is 4. The summed E-state index contributed by atoms with van der Waals surface area (Å²) in [6, 6.07) is 7.93. The quantitative estimate of drug-likeness (QED) is 0.284. The number of hydrogen-bond donors (Lipinski definition) is 2. The van der Waals surface area contributed by atoms with Crippen molar-refractivity contribution in [3.63, 3.8) is 0 Å². The number of hydrogen-bond acceptors (Lipinski definition) is 4. The molecule has 0 saturated heterocycles. The first kappa shape index (κ1) is 32.2. The van der Waals surface area contributed by atoms with Crippen LogP contribution in [0.25, 0.3) is 44.4 Å². The van der Waals surface area contributed by atoms with Gasteiger partial charge in [-0.15, -0.1) is 22.1 Å². The zero-order valence-electron chi connectivity index (χ0n) is 25.8. The van der Waals surface area contributed by atoms with Gasteiger partial charge in [0.15, 0.2) is 0 Å². The molecule has 3 aromatic rings. The molecule has 0 radical (unpaired) electrons. The van der Waals surface area contributed by atoms with E-state index in [0.717, 1.165) is 85.6 Å². The zero-order valence-corrected chi connectivity index (χ0v) is 27.2. The number of aliphatic carboxylic acids is 2. The topological polar surface area (TPSA) is 129 Å². The molecule has 3 aromatic heterocycles. The predicted octanol–water partition coefficient (Wildman–Crippen LogP) is 6.52. The van der Waals surface area contributed by atoms with Crippen LogP contribution in [-0.2, 0) is 22.4 Å². The monoisotopic (exact) mass is 588 g/mol. The van der Waals surface area contributed by atoms with E-state index in [1.807, 2.05) is 32.0 Å². The Hall–Kier alpha value is -3.69. The molecule has 5 heterocycles. The number of aryl methyl sites for hydroxylation is 4. The molecule has 218 valence electrons. The van der Waals surface area contributed by atoms with Crippen LogP contribution in [0.1, 0.15) is 98.4 Å². The Labute approximate surface area is 267 Å². The van der Waals surface area contributed by atoms with Crippen molar-refractivity contribution in [1.82, 2.24) is 19.9 Å². The molecule has 0 aliphatic carbocycles. The number of fused-ring (bicyclic) bond motifs is 8. The summed E-state index contributed by atoms with van der Waals surface area (Å²) in [6.07, 6.45) is 2.23. The second-order valence-electron chi connectivity index (χ2n) is 11.0. The third-order valence-corrected chi connectivity index (χ3v) is 8.53. The van der Waals surface area contributed by atoms with Crippen LogP contribution in [0.2, 0.25) is 0 Å². The summed E-state index contributed by atoms with van der Waals surface area (Å²) in [5.41, 5.74) is 14.3. The first-order valence-electron chi connectivity index (χ1n) is 14.5. The van der Waals surface area contributed by atoms with Crippen LogP contribution in [0.3, 0.4) is 0 Å². The number of allylic oxidation sites excluding steroid dienone is 4. The number of carboxylic acids is 2. The van der Waals surface area contributed by atoms with Gasteiger partial charge in [-0.2, -0.15) is 0 Å². The number of aromatic nitrogens is 4. The van der Waals surface area contributed by atoms with Crippen molar-refractivity contribution >= 4 is 79.4 Å². The van der Waals surface area contributed by atoms with Crippen LogP contribution in [-0.4, -0.2) is 55.2 Å². The van der Waals surface area contributed by atoms with Crippen molar-refractivity contribution in [3.05, 3.63) is 69.3 Å². The number of rotatable bonds is 8. The van der Waals surface area contributed by atoms with E-state index in [-0.39, 0.29) is 35.9 Å². The van der Waals surface area contributed by atoms with Crippen molar-refractivity contribution in [2.24, 2.45) is 0 Å². The average molecular weight is 589 g/mol. The Morgan fingerprint density at radius 1 is 0.628 bits per heavy atom. The van der Waals surface area contributed by atoms with Crippen LogP contribution in [0.5, 0.6) is 0 Å². The fourth-order valence-electron chi connectivity index (χ4n) is 6.06. The molecule has 8 nitrogen and oxygen atoms in total. The Bertz CT molecular complexity index is 1860. The maximum atomic E-state index is 11.5. The number of carboxylic acid groups (broad SMARTS) is 2. The molecule has 8 bridgehead atoms. The predicted molar refractivity (Wildman–Crippen MR) is 172 cm³/mol. The molecule has 9 heteroatoms. The largest absolute Gasteiger partial charge is 2.00 e. The summed E-state index contributed by atoms with van der Waals surface area (Å²) in [5.74, 6) is -1.76. The molecular weight excluding hydrogens is 553 g/mol. The van der Waals surface area contributed by atoms with Crippen molar-refractivity contribution in [1.29, 1.82) is 0 Å². The fourth-order valence-corrected chi connectivity index (χ4v) is 6.06.